The predicted octanol–water partition coefficient (Wildman–Crippen LogP) is 1.10. The Morgan fingerprint density at radius 3 is 2.75 bits per heavy atom. The second-order valence-electron chi connectivity index (χ2n) is 5.30. The van der Waals surface area contributed by atoms with Gasteiger partial charge in [-0.05, 0) is 32.1 Å². The van der Waals surface area contributed by atoms with Gasteiger partial charge in [0.25, 0.3) is 0 Å². The van der Waals surface area contributed by atoms with Gasteiger partial charge in [0.15, 0.2) is 0 Å². The van der Waals surface area contributed by atoms with Crippen LogP contribution in [-0.4, -0.2) is 47.3 Å². The Labute approximate surface area is 95.6 Å². The van der Waals surface area contributed by atoms with Crippen LogP contribution in [-0.2, 0) is 9.53 Å². The van der Waals surface area contributed by atoms with E-state index in [4.69, 9.17) is 4.74 Å². The minimum absolute atomic E-state index is 0.124. The first-order chi connectivity index (χ1) is 7.77. The monoisotopic (exact) mass is 225 g/mol. The van der Waals surface area contributed by atoms with Crippen molar-refractivity contribution < 1.29 is 14.6 Å². The summed E-state index contributed by atoms with van der Waals surface area (Å²) in [7, 11) is 0. The van der Waals surface area contributed by atoms with E-state index < -0.39 is 5.97 Å². The van der Waals surface area contributed by atoms with Gasteiger partial charge in [0, 0.05) is 24.7 Å². The van der Waals surface area contributed by atoms with Crippen molar-refractivity contribution >= 4 is 5.97 Å². The number of carboxylic acids is 1. The van der Waals surface area contributed by atoms with Crippen LogP contribution in [0.25, 0.3) is 0 Å². The summed E-state index contributed by atoms with van der Waals surface area (Å²) in [5.74, 6) is -0.727. The molecule has 3 aliphatic heterocycles. The van der Waals surface area contributed by atoms with E-state index in [1.54, 1.807) is 0 Å². The van der Waals surface area contributed by atoms with Crippen LogP contribution in [0.4, 0.5) is 0 Å². The van der Waals surface area contributed by atoms with Gasteiger partial charge >= 0.3 is 5.97 Å². The second-order valence-corrected chi connectivity index (χ2v) is 5.30. The van der Waals surface area contributed by atoms with Crippen LogP contribution in [0.2, 0.25) is 0 Å². The van der Waals surface area contributed by atoms with Crippen molar-refractivity contribution in [2.75, 3.05) is 13.2 Å². The van der Waals surface area contributed by atoms with Crippen molar-refractivity contribution in [3.63, 3.8) is 0 Å². The molecule has 2 bridgehead atoms. The number of aliphatic carboxylic acids is 1. The lowest BCUT2D eigenvalue weighted by molar-refractivity contribution is -0.142. The zero-order valence-electron chi connectivity index (χ0n) is 9.47. The molecule has 90 valence electrons. The van der Waals surface area contributed by atoms with Crippen LogP contribution in [0.3, 0.4) is 0 Å². The van der Waals surface area contributed by atoms with E-state index in [1.165, 1.54) is 12.8 Å². The highest BCUT2D eigenvalue weighted by Gasteiger charge is 2.51. The van der Waals surface area contributed by atoms with Gasteiger partial charge in [0.05, 0.1) is 12.5 Å². The fourth-order valence-corrected chi connectivity index (χ4v) is 3.82. The molecule has 0 aromatic heterocycles. The molecule has 1 N–H and O–H groups in total. The van der Waals surface area contributed by atoms with Gasteiger partial charge in [0.1, 0.15) is 0 Å². The molecular weight excluding hydrogens is 206 g/mol. The number of hydrogen-bond donors (Lipinski definition) is 1. The summed E-state index contributed by atoms with van der Waals surface area (Å²) in [4.78, 5) is 13.6. The molecular formula is C12H19NO3. The third-order valence-electron chi connectivity index (χ3n) is 4.47. The number of hydrogen-bond acceptors (Lipinski definition) is 3. The average Bonchev–Trinajstić information content (AvgIpc) is 2.87. The van der Waals surface area contributed by atoms with Gasteiger partial charge in [-0.25, -0.2) is 0 Å². The van der Waals surface area contributed by atoms with Crippen LogP contribution in [0, 0.1) is 5.92 Å². The zero-order valence-corrected chi connectivity index (χ0v) is 9.47. The largest absolute Gasteiger partial charge is 0.481 e. The number of rotatable bonds is 2. The van der Waals surface area contributed by atoms with Crippen LogP contribution >= 0.6 is 0 Å². The summed E-state index contributed by atoms with van der Waals surface area (Å²) < 4.78 is 5.53. The van der Waals surface area contributed by atoms with E-state index >= 15 is 0 Å². The van der Waals surface area contributed by atoms with Gasteiger partial charge in [-0.3, -0.25) is 9.69 Å². The molecule has 3 fully saturated rings. The molecule has 3 aliphatic rings. The molecule has 3 heterocycles. The number of carboxylic acid groups (broad SMARTS) is 1. The molecule has 0 aliphatic carbocycles. The molecule has 0 spiro atoms. The molecule has 16 heavy (non-hydrogen) atoms. The summed E-state index contributed by atoms with van der Waals surface area (Å²) >= 11 is 0. The molecule has 3 rings (SSSR count). The summed E-state index contributed by atoms with van der Waals surface area (Å²) in [6, 6.07) is 1.28. The van der Waals surface area contributed by atoms with Crippen LogP contribution in [0.15, 0.2) is 0 Å². The Balaban J connectivity index is 1.74. The number of ether oxygens (including phenoxy) is 1. The van der Waals surface area contributed by atoms with Gasteiger partial charge in [-0.2, -0.15) is 0 Å². The van der Waals surface area contributed by atoms with E-state index in [1.807, 2.05) is 0 Å². The zero-order chi connectivity index (χ0) is 11.1. The van der Waals surface area contributed by atoms with Crippen molar-refractivity contribution in [1.29, 1.82) is 0 Å². The molecule has 0 amide bonds. The molecule has 0 saturated carbocycles. The second kappa shape index (κ2) is 4.00. The van der Waals surface area contributed by atoms with Crippen LogP contribution in [0.5, 0.6) is 0 Å². The van der Waals surface area contributed by atoms with Crippen LogP contribution < -0.4 is 0 Å². The SMILES string of the molecule is O=C(O)C1CC2CCC1N2C1CCCOC1. The van der Waals surface area contributed by atoms with Crippen molar-refractivity contribution in [3.05, 3.63) is 0 Å². The van der Waals surface area contributed by atoms with E-state index in [0.29, 0.717) is 12.1 Å². The van der Waals surface area contributed by atoms with Gasteiger partial charge in [0.2, 0.25) is 0 Å². The lowest BCUT2D eigenvalue weighted by atomic mass is 9.89. The van der Waals surface area contributed by atoms with Crippen molar-refractivity contribution in [1.82, 2.24) is 4.90 Å². The maximum atomic E-state index is 11.2. The normalized spacial score (nSPS) is 43.8. The first kappa shape index (κ1) is 10.5. The maximum absolute atomic E-state index is 11.2. The highest BCUT2D eigenvalue weighted by atomic mass is 16.5. The molecule has 4 nitrogen and oxygen atoms in total. The Morgan fingerprint density at radius 2 is 2.12 bits per heavy atom. The Hall–Kier alpha value is -0.610. The first-order valence-electron chi connectivity index (χ1n) is 6.35. The molecule has 4 atom stereocenters. The lowest BCUT2D eigenvalue weighted by Crippen LogP contribution is -2.45. The van der Waals surface area contributed by atoms with E-state index in [2.05, 4.69) is 4.90 Å². The quantitative estimate of drug-likeness (QED) is 0.764. The fraction of sp³-hybridized carbons (Fsp3) is 0.917. The Kier molecular flexibility index (Phi) is 2.64. The maximum Gasteiger partial charge on any atom is 0.308 e. The third kappa shape index (κ3) is 1.55. The molecule has 0 aromatic rings. The highest BCUT2D eigenvalue weighted by Crippen LogP contribution is 2.44. The molecule has 0 aromatic carbocycles. The van der Waals surface area contributed by atoms with Crippen molar-refractivity contribution in [3.8, 4) is 0 Å². The molecule has 3 saturated heterocycles. The van der Waals surface area contributed by atoms with Crippen molar-refractivity contribution in [2.24, 2.45) is 5.92 Å². The van der Waals surface area contributed by atoms with E-state index in [-0.39, 0.29) is 12.0 Å². The summed E-state index contributed by atoms with van der Waals surface area (Å²) in [6.45, 7) is 1.68. The van der Waals surface area contributed by atoms with E-state index in [9.17, 15) is 9.90 Å². The first-order valence-corrected chi connectivity index (χ1v) is 6.35. The number of nitrogens with zero attached hydrogens (tertiary/aromatic N) is 1. The van der Waals surface area contributed by atoms with Crippen molar-refractivity contribution in [2.45, 2.75) is 50.2 Å². The summed E-state index contributed by atoms with van der Waals surface area (Å²) in [5.41, 5.74) is 0. The smallest absolute Gasteiger partial charge is 0.308 e. The van der Waals surface area contributed by atoms with Gasteiger partial charge in [-0.15, -0.1) is 0 Å². The number of carbonyl (C=O) groups is 1. The fourth-order valence-electron chi connectivity index (χ4n) is 3.82. The molecule has 4 unspecified atom stereocenters. The highest BCUT2D eigenvalue weighted by molar-refractivity contribution is 5.71. The Bertz CT molecular complexity index is 288. The topological polar surface area (TPSA) is 49.8 Å². The molecule has 0 radical (unpaired) electrons. The summed E-state index contributed by atoms with van der Waals surface area (Å²) in [5, 5.41) is 9.19. The minimum atomic E-state index is -0.603. The van der Waals surface area contributed by atoms with E-state index in [0.717, 1.165) is 32.5 Å². The standard InChI is InChI=1S/C12H19NO3/c14-12(15)10-6-8-3-4-11(10)13(8)9-2-1-5-16-7-9/h8-11H,1-7H2,(H,14,15). The minimum Gasteiger partial charge on any atom is -0.481 e. The third-order valence-corrected chi connectivity index (χ3v) is 4.47. The van der Waals surface area contributed by atoms with Gasteiger partial charge < -0.3 is 9.84 Å². The average molecular weight is 225 g/mol. The Morgan fingerprint density at radius 1 is 1.25 bits per heavy atom. The lowest BCUT2D eigenvalue weighted by Gasteiger charge is -2.34. The summed E-state index contributed by atoms with van der Waals surface area (Å²) in [6.07, 6.45) is 5.41. The molecule has 4 heteroatoms. The number of fused-ring (bicyclic) bond motifs is 2. The predicted molar refractivity (Wildman–Crippen MR) is 58.2 cm³/mol. The van der Waals surface area contributed by atoms with Gasteiger partial charge in [-0.1, -0.05) is 0 Å². The van der Waals surface area contributed by atoms with Crippen LogP contribution in [0.1, 0.15) is 32.1 Å².